The summed E-state index contributed by atoms with van der Waals surface area (Å²) in [5.74, 6) is 0.0184. The van der Waals surface area contributed by atoms with Crippen molar-refractivity contribution in [2.24, 2.45) is 11.8 Å². The molecule has 1 aromatic rings. The number of nitrogens with one attached hydrogen (secondary N) is 1. The van der Waals surface area contributed by atoms with Crippen LogP contribution in [-0.2, 0) is 14.3 Å². The summed E-state index contributed by atoms with van der Waals surface area (Å²) in [4.78, 5) is 26.6. The van der Waals surface area contributed by atoms with Crippen molar-refractivity contribution in [1.29, 1.82) is 0 Å². The SMILES string of the molecule is COCC(=O)N1C[C@@H](C(=O)NCC2CC2)CC[C@@H]1c1ccc(F)cc1. The molecule has 0 unspecified atom stereocenters. The number of hydrogen-bond acceptors (Lipinski definition) is 3. The minimum atomic E-state index is -0.299. The van der Waals surface area contributed by atoms with Gasteiger partial charge >= 0.3 is 0 Å². The smallest absolute Gasteiger partial charge is 0.249 e. The Morgan fingerprint density at radius 3 is 2.56 bits per heavy atom. The van der Waals surface area contributed by atoms with Crippen LogP contribution in [0.3, 0.4) is 0 Å². The highest BCUT2D eigenvalue weighted by molar-refractivity contribution is 5.82. The van der Waals surface area contributed by atoms with E-state index >= 15 is 0 Å². The molecule has 2 amide bonds. The van der Waals surface area contributed by atoms with Crippen LogP contribution >= 0.6 is 0 Å². The van der Waals surface area contributed by atoms with Gasteiger partial charge in [-0.15, -0.1) is 0 Å². The van der Waals surface area contributed by atoms with Gasteiger partial charge < -0.3 is 15.0 Å². The Labute approximate surface area is 147 Å². The average Bonchev–Trinajstić information content (AvgIpc) is 3.44. The molecule has 2 aliphatic rings. The number of likely N-dealkylation sites (tertiary alicyclic amines) is 1. The summed E-state index contributed by atoms with van der Waals surface area (Å²) < 4.78 is 18.2. The van der Waals surface area contributed by atoms with Crippen LogP contribution in [0.1, 0.15) is 37.3 Å². The number of hydrogen-bond donors (Lipinski definition) is 1. The van der Waals surface area contributed by atoms with Gasteiger partial charge in [0.15, 0.2) is 0 Å². The summed E-state index contributed by atoms with van der Waals surface area (Å²) in [6, 6.07) is 6.09. The van der Waals surface area contributed by atoms with E-state index in [0.29, 0.717) is 18.9 Å². The molecule has 0 radical (unpaired) electrons. The fourth-order valence-corrected chi connectivity index (χ4v) is 3.41. The normalized spacial score (nSPS) is 23.4. The van der Waals surface area contributed by atoms with Gasteiger partial charge in [-0.25, -0.2) is 4.39 Å². The molecular weight excluding hydrogens is 323 g/mol. The van der Waals surface area contributed by atoms with Crippen LogP contribution in [0.5, 0.6) is 0 Å². The molecule has 0 aromatic heterocycles. The second-order valence-electron chi connectivity index (χ2n) is 7.01. The quantitative estimate of drug-likeness (QED) is 0.858. The van der Waals surface area contributed by atoms with Gasteiger partial charge in [0.2, 0.25) is 11.8 Å². The number of ether oxygens (including phenoxy) is 1. The number of carbonyl (C=O) groups is 2. The largest absolute Gasteiger partial charge is 0.375 e. The maximum atomic E-state index is 13.2. The third kappa shape index (κ3) is 4.57. The lowest BCUT2D eigenvalue weighted by molar-refractivity contribution is -0.142. The Kier molecular flexibility index (Phi) is 5.68. The molecule has 136 valence electrons. The maximum Gasteiger partial charge on any atom is 0.249 e. The number of methoxy groups -OCH3 is 1. The predicted molar refractivity (Wildman–Crippen MR) is 91.2 cm³/mol. The first kappa shape index (κ1) is 17.9. The van der Waals surface area contributed by atoms with Gasteiger partial charge in [0.05, 0.1) is 12.0 Å². The Balaban J connectivity index is 1.69. The van der Waals surface area contributed by atoms with Crippen molar-refractivity contribution in [3.63, 3.8) is 0 Å². The molecular formula is C19H25FN2O3. The highest BCUT2D eigenvalue weighted by Crippen LogP contribution is 2.34. The van der Waals surface area contributed by atoms with E-state index < -0.39 is 0 Å². The van der Waals surface area contributed by atoms with Gasteiger partial charge in [-0.3, -0.25) is 9.59 Å². The Morgan fingerprint density at radius 1 is 1.20 bits per heavy atom. The molecule has 6 heteroatoms. The molecule has 1 heterocycles. The third-order valence-electron chi connectivity index (χ3n) is 5.06. The van der Waals surface area contributed by atoms with E-state index in [-0.39, 0.29) is 36.2 Å². The van der Waals surface area contributed by atoms with Crippen molar-refractivity contribution in [2.45, 2.75) is 31.7 Å². The topological polar surface area (TPSA) is 58.6 Å². The molecule has 25 heavy (non-hydrogen) atoms. The first-order valence-corrected chi connectivity index (χ1v) is 8.90. The van der Waals surface area contributed by atoms with E-state index in [1.54, 1.807) is 17.0 Å². The Morgan fingerprint density at radius 2 is 1.92 bits per heavy atom. The van der Waals surface area contributed by atoms with E-state index in [4.69, 9.17) is 4.74 Å². The van der Waals surface area contributed by atoms with Gasteiger partial charge in [0.1, 0.15) is 12.4 Å². The van der Waals surface area contributed by atoms with E-state index in [2.05, 4.69) is 5.32 Å². The maximum absolute atomic E-state index is 13.2. The fourth-order valence-electron chi connectivity index (χ4n) is 3.41. The van der Waals surface area contributed by atoms with Crippen LogP contribution in [-0.4, -0.2) is 43.5 Å². The standard InChI is InChI=1S/C19H25FN2O3/c1-25-12-18(23)22-11-15(19(24)21-10-13-2-3-13)6-9-17(22)14-4-7-16(20)8-5-14/h4-5,7-8,13,15,17H,2-3,6,9-12H2,1H3,(H,21,24)/t15-,17+/m0/s1. The molecule has 5 nitrogen and oxygen atoms in total. The van der Waals surface area contributed by atoms with Crippen molar-refractivity contribution < 1.29 is 18.7 Å². The van der Waals surface area contributed by atoms with E-state index in [1.807, 2.05) is 0 Å². The van der Waals surface area contributed by atoms with Crippen LogP contribution in [0.2, 0.25) is 0 Å². The number of rotatable bonds is 6. The molecule has 2 fully saturated rings. The van der Waals surface area contributed by atoms with Crippen LogP contribution in [0.15, 0.2) is 24.3 Å². The van der Waals surface area contributed by atoms with E-state index in [0.717, 1.165) is 18.5 Å². The van der Waals surface area contributed by atoms with Crippen molar-refractivity contribution in [1.82, 2.24) is 10.2 Å². The van der Waals surface area contributed by atoms with Crippen molar-refractivity contribution in [2.75, 3.05) is 26.8 Å². The molecule has 1 saturated heterocycles. The number of benzene rings is 1. The van der Waals surface area contributed by atoms with Crippen LogP contribution < -0.4 is 5.32 Å². The molecule has 1 N–H and O–H groups in total. The molecule has 3 rings (SSSR count). The average molecular weight is 348 g/mol. The molecule has 1 aromatic carbocycles. The number of nitrogens with zero attached hydrogens (tertiary/aromatic N) is 1. The molecule has 0 spiro atoms. The molecule has 2 atom stereocenters. The summed E-state index contributed by atoms with van der Waals surface area (Å²) in [7, 11) is 1.48. The van der Waals surface area contributed by atoms with Crippen LogP contribution in [0, 0.1) is 17.7 Å². The molecule has 1 aliphatic carbocycles. The van der Waals surface area contributed by atoms with Crippen LogP contribution in [0.25, 0.3) is 0 Å². The molecule has 1 saturated carbocycles. The van der Waals surface area contributed by atoms with Gasteiger partial charge in [0, 0.05) is 20.2 Å². The van der Waals surface area contributed by atoms with E-state index in [1.165, 1.54) is 32.1 Å². The van der Waals surface area contributed by atoms with Crippen molar-refractivity contribution >= 4 is 11.8 Å². The van der Waals surface area contributed by atoms with Gasteiger partial charge in [0.25, 0.3) is 0 Å². The first-order valence-electron chi connectivity index (χ1n) is 8.90. The number of amides is 2. The van der Waals surface area contributed by atoms with Crippen molar-refractivity contribution in [3.05, 3.63) is 35.6 Å². The minimum absolute atomic E-state index is 0.0197. The zero-order chi connectivity index (χ0) is 17.8. The third-order valence-corrected chi connectivity index (χ3v) is 5.06. The lowest BCUT2D eigenvalue weighted by atomic mass is 9.88. The lowest BCUT2D eigenvalue weighted by Crippen LogP contribution is -2.48. The second-order valence-corrected chi connectivity index (χ2v) is 7.01. The summed E-state index contributed by atoms with van der Waals surface area (Å²) in [6.45, 7) is 1.09. The zero-order valence-corrected chi connectivity index (χ0v) is 14.5. The Hall–Kier alpha value is -1.95. The van der Waals surface area contributed by atoms with Gasteiger partial charge in [-0.1, -0.05) is 12.1 Å². The highest BCUT2D eigenvalue weighted by Gasteiger charge is 2.35. The summed E-state index contributed by atoms with van der Waals surface area (Å²) in [5.41, 5.74) is 0.891. The molecule has 0 bridgehead atoms. The number of carbonyl (C=O) groups excluding carboxylic acids is 2. The minimum Gasteiger partial charge on any atom is -0.375 e. The predicted octanol–water partition coefficient (Wildman–Crippen LogP) is 2.28. The second kappa shape index (κ2) is 7.95. The monoisotopic (exact) mass is 348 g/mol. The van der Waals surface area contributed by atoms with Crippen molar-refractivity contribution in [3.8, 4) is 0 Å². The summed E-state index contributed by atoms with van der Waals surface area (Å²) >= 11 is 0. The number of halogens is 1. The number of piperidine rings is 1. The van der Waals surface area contributed by atoms with E-state index in [9.17, 15) is 14.0 Å². The lowest BCUT2D eigenvalue weighted by Gasteiger charge is -2.39. The van der Waals surface area contributed by atoms with Gasteiger partial charge in [-0.05, 0) is 49.3 Å². The first-order chi connectivity index (χ1) is 12.1. The van der Waals surface area contributed by atoms with Gasteiger partial charge in [-0.2, -0.15) is 0 Å². The summed E-state index contributed by atoms with van der Waals surface area (Å²) in [6.07, 6.45) is 3.78. The fraction of sp³-hybridized carbons (Fsp3) is 0.579. The van der Waals surface area contributed by atoms with Crippen LogP contribution in [0.4, 0.5) is 4.39 Å². The highest BCUT2D eigenvalue weighted by atomic mass is 19.1. The molecule has 1 aliphatic heterocycles. The Bertz CT molecular complexity index is 616. The summed E-state index contributed by atoms with van der Waals surface area (Å²) in [5, 5.41) is 3.01. The zero-order valence-electron chi connectivity index (χ0n) is 14.5.